The molecule has 0 aliphatic carbocycles. The first kappa shape index (κ1) is 8.53. The molecule has 0 aromatic heterocycles. The summed E-state index contributed by atoms with van der Waals surface area (Å²) in [4.78, 5) is 12.8. The standard InChI is InChI=1S/C8H16N2O/c1-10-6-2-3-7(10)4-5-8(9)11/h7H,2-6H2,1H3,(H2,9,11)/t7-/m1/s1. The van der Waals surface area contributed by atoms with Gasteiger partial charge in [-0.15, -0.1) is 0 Å². The van der Waals surface area contributed by atoms with E-state index in [4.69, 9.17) is 5.73 Å². The van der Waals surface area contributed by atoms with Crippen molar-refractivity contribution in [1.82, 2.24) is 4.90 Å². The maximum Gasteiger partial charge on any atom is 0.217 e. The first-order valence-corrected chi connectivity index (χ1v) is 4.18. The van der Waals surface area contributed by atoms with Gasteiger partial charge in [0.05, 0.1) is 0 Å². The Balaban J connectivity index is 2.20. The Kier molecular flexibility index (Phi) is 2.88. The molecular formula is C8H16N2O. The molecule has 2 N–H and O–H groups in total. The van der Waals surface area contributed by atoms with Gasteiger partial charge in [-0.3, -0.25) is 4.79 Å². The van der Waals surface area contributed by atoms with Gasteiger partial charge < -0.3 is 10.6 Å². The summed E-state index contributed by atoms with van der Waals surface area (Å²) < 4.78 is 0. The molecule has 1 amide bonds. The summed E-state index contributed by atoms with van der Waals surface area (Å²) in [7, 11) is 2.11. The van der Waals surface area contributed by atoms with Crippen molar-refractivity contribution in [3.8, 4) is 0 Å². The summed E-state index contributed by atoms with van der Waals surface area (Å²) in [5.74, 6) is -0.176. The van der Waals surface area contributed by atoms with Gasteiger partial charge in [0.2, 0.25) is 5.91 Å². The van der Waals surface area contributed by atoms with Crippen molar-refractivity contribution < 1.29 is 4.79 Å². The molecule has 0 bridgehead atoms. The van der Waals surface area contributed by atoms with E-state index in [9.17, 15) is 4.79 Å². The normalized spacial score (nSPS) is 25.7. The fraction of sp³-hybridized carbons (Fsp3) is 0.875. The van der Waals surface area contributed by atoms with Gasteiger partial charge in [0.25, 0.3) is 0 Å². The number of likely N-dealkylation sites (tertiary alicyclic amines) is 1. The van der Waals surface area contributed by atoms with Gasteiger partial charge >= 0.3 is 0 Å². The van der Waals surface area contributed by atoms with E-state index in [1.165, 1.54) is 19.4 Å². The lowest BCUT2D eigenvalue weighted by Crippen LogP contribution is -2.26. The second-order valence-corrected chi connectivity index (χ2v) is 3.28. The average Bonchev–Trinajstić information content (AvgIpc) is 2.31. The number of primary amides is 1. The number of hydrogen-bond acceptors (Lipinski definition) is 2. The average molecular weight is 156 g/mol. The predicted octanol–water partition coefficient (Wildman–Crippen LogP) is 0.346. The number of hydrogen-bond donors (Lipinski definition) is 1. The molecule has 0 aromatic rings. The van der Waals surface area contributed by atoms with Crippen LogP contribution in [0.25, 0.3) is 0 Å². The van der Waals surface area contributed by atoms with Crippen molar-refractivity contribution in [3.05, 3.63) is 0 Å². The molecule has 0 aromatic carbocycles. The molecule has 1 saturated heterocycles. The Morgan fingerprint density at radius 3 is 2.91 bits per heavy atom. The molecule has 0 saturated carbocycles. The Hall–Kier alpha value is -0.570. The Labute approximate surface area is 67.5 Å². The SMILES string of the molecule is CN1CCC[C@@H]1CCC(N)=O. The van der Waals surface area contributed by atoms with Crippen molar-refractivity contribution in [3.63, 3.8) is 0 Å². The Bertz CT molecular complexity index is 147. The van der Waals surface area contributed by atoms with Crippen LogP contribution >= 0.6 is 0 Å². The molecule has 1 fully saturated rings. The van der Waals surface area contributed by atoms with Crippen LogP contribution in [0.4, 0.5) is 0 Å². The zero-order valence-electron chi connectivity index (χ0n) is 7.05. The summed E-state index contributed by atoms with van der Waals surface area (Å²) in [5, 5.41) is 0. The molecule has 1 aliphatic heterocycles. The van der Waals surface area contributed by atoms with Crippen molar-refractivity contribution >= 4 is 5.91 Å². The number of nitrogens with two attached hydrogens (primary N) is 1. The van der Waals surface area contributed by atoms with Gasteiger partial charge in [0, 0.05) is 12.5 Å². The van der Waals surface area contributed by atoms with E-state index in [-0.39, 0.29) is 5.91 Å². The van der Waals surface area contributed by atoms with E-state index in [0.717, 1.165) is 6.42 Å². The van der Waals surface area contributed by atoms with Crippen LogP contribution in [0, 0.1) is 0 Å². The van der Waals surface area contributed by atoms with E-state index in [2.05, 4.69) is 11.9 Å². The summed E-state index contributed by atoms with van der Waals surface area (Å²) in [5.41, 5.74) is 5.06. The molecule has 64 valence electrons. The molecule has 3 nitrogen and oxygen atoms in total. The highest BCUT2D eigenvalue weighted by Gasteiger charge is 2.20. The second-order valence-electron chi connectivity index (χ2n) is 3.28. The Morgan fingerprint density at radius 1 is 1.73 bits per heavy atom. The molecule has 11 heavy (non-hydrogen) atoms. The fourth-order valence-electron chi connectivity index (χ4n) is 1.65. The molecule has 1 heterocycles. The molecule has 1 rings (SSSR count). The third-order valence-electron chi connectivity index (χ3n) is 2.40. The van der Waals surface area contributed by atoms with E-state index in [0.29, 0.717) is 12.5 Å². The van der Waals surface area contributed by atoms with Gasteiger partial charge in [0.15, 0.2) is 0 Å². The van der Waals surface area contributed by atoms with Crippen LogP contribution in [-0.4, -0.2) is 30.4 Å². The minimum atomic E-state index is -0.176. The summed E-state index contributed by atoms with van der Waals surface area (Å²) in [6.45, 7) is 1.17. The molecule has 3 heteroatoms. The monoisotopic (exact) mass is 156 g/mol. The number of carbonyl (C=O) groups excluding carboxylic acids is 1. The lowest BCUT2D eigenvalue weighted by molar-refractivity contribution is -0.118. The maximum absolute atomic E-state index is 10.5. The quantitative estimate of drug-likeness (QED) is 0.640. The van der Waals surface area contributed by atoms with Crippen LogP contribution in [0.15, 0.2) is 0 Å². The summed E-state index contributed by atoms with van der Waals surface area (Å²) in [6, 6.07) is 0.600. The molecule has 0 unspecified atom stereocenters. The van der Waals surface area contributed by atoms with E-state index < -0.39 is 0 Å². The van der Waals surface area contributed by atoms with E-state index >= 15 is 0 Å². The lowest BCUT2D eigenvalue weighted by atomic mass is 10.1. The molecular weight excluding hydrogens is 140 g/mol. The minimum Gasteiger partial charge on any atom is -0.370 e. The maximum atomic E-state index is 10.5. The van der Waals surface area contributed by atoms with Crippen LogP contribution in [-0.2, 0) is 4.79 Å². The first-order chi connectivity index (χ1) is 5.20. The largest absolute Gasteiger partial charge is 0.370 e. The van der Waals surface area contributed by atoms with Crippen LogP contribution < -0.4 is 5.73 Å². The number of rotatable bonds is 3. The lowest BCUT2D eigenvalue weighted by Gasteiger charge is -2.17. The smallest absolute Gasteiger partial charge is 0.217 e. The number of amides is 1. The first-order valence-electron chi connectivity index (χ1n) is 4.18. The van der Waals surface area contributed by atoms with Crippen molar-refractivity contribution in [2.45, 2.75) is 31.7 Å². The fourth-order valence-corrected chi connectivity index (χ4v) is 1.65. The van der Waals surface area contributed by atoms with Crippen molar-refractivity contribution in [1.29, 1.82) is 0 Å². The molecule has 0 radical (unpaired) electrons. The third kappa shape index (κ3) is 2.50. The van der Waals surface area contributed by atoms with E-state index in [1.54, 1.807) is 0 Å². The third-order valence-corrected chi connectivity index (χ3v) is 2.40. The van der Waals surface area contributed by atoms with E-state index in [1.807, 2.05) is 0 Å². The number of carbonyl (C=O) groups is 1. The van der Waals surface area contributed by atoms with Crippen molar-refractivity contribution in [2.75, 3.05) is 13.6 Å². The molecule has 0 spiro atoms. The molecule has 1 aliphatic rings. The predicted molar refractivity (Wildman–Crippen MR) is 44.1 cm³/mol. The van der Waals surface area contributed by atoms with Gasteiger partial charge in [0.1, 0.15) is 0 Å². The second kappa shape index (κ2) is 3.72. The van der Waals surface area contributed by atoms with Gasteiger partial charge in [-0.2, -0.15) is 0 Å². The summed E-state index contributed by atoms with van der Waals surface area (Å²) in [6.07, 6.45) is 3.96. The summed E-state index contributed by atoms with van der Waals surface area (Å²) >= 11 is 0. The van der Waals surface area contributed by atoms with Gasteiger partial charge in [-0.25, -0.2) is 0 Å². The van der Waals surface area contributed by atoms with Crippen molar-refractivity contribution in [2.24, 2.45) is 5.73 Å². The highest BCUT2D eigenvalue weighted by molar-refractivity contribution is 5.73. The highest BCUT2D eigenvalue weighted by Crippen LogP contribution is 2.18. The van der Waals surface area contributed by atoms with Gasteiger partial charge in [-0.05, 0) is 32.9 Å². The zero-order chi connectivity index (χ0) is 8.27. The topological polar surface area (TPSA) is 46.3 Å². The van der Waals surface area contributed by atoms with Crippen LogP contribution in [0.5, 0.6) is 0 Å². The zero-order valence-corrected chi connectivity index (χ0v) is 7.05. The Morgan fingerprint density at radius 2 is 2.45 bits per heavy atom. The van der Waals surface area contributed by atoms with Crippen LogP contribution in [0.2, 0.25) is 0 Å². The van der Waals surface area contributed by atoms with Gasteiger partial charge in [-0.1, -0.05) is 0 Å². The van der Waals surface area contributed by atoms with Crippen LogP contribution in [0.3, 0.4) is 0 Å². The minimum absolute atomic E-state index is 0.176. The van der Waals surface area contributed by atoms with Crippen LogP contribution in [0.1, 0.15) is 25.7 Å². The molecule has 1 atom stereocenters. The highest BCUT2D eigenvalue weighted by atomic mass is 16.1. The number of nitrogens with zero attached hydrogens (tertiary/aromatic N) is 1.